The molecule has 4 saturated carbocycles. The van der Waals surface area contributed by atoms with Gasteiger partial charge in [-0.3, -0.25) is 10.1 Å². The maximum Gasteiger partial charge on any atom is 0.344 e. The monoisotopic (exact) mass is 420 g/mol. The Balaban J connectivity index is 1.18. The molecular formula is C21H25ClN2O5. The molecule has 0 spiro atoms. The van der Waals surface area contributed by atoms with Crippen LogP contribution in [-0.4, -0.2) is 36.7 Å². The molecule has 29 heavy (non-hydrogen) atoms. The quantitative estimate of drug-likeness (QED) is 0.690. The highest BCUT2D eigenvalue weighted by Gasteiger charge is 2.51. The van der Waals surface area contributed by atoms with Crippen molar-refractivity contribution in [3.05, 3.63) is 29.3 Å². The van der Waals surface area contributed by atoms with Crippen LogP contribution in [0.4, 0.5) is 4.79 Å². The second-order valence-corrected chi connectivity index (χ2v) is 9.04. The molecule has 0 unspecified atom stereocenters. The molecule has 8 heteroatoms. The van der Waals surface area contributed by atoms with E-state index in [2.05, 4.69) is 10.6 Å². The molecule has 0 saturated heterocycles. The van der Waals surface area contributed by atoms with Crippen molar-refractivity contribution in [3.63, 3.8) is 0 Å². The molecule has 1 aromatic rings. The van der Waals surface area contributed by atoms with E-state index in [1.807, 2.05) is 0 Å². The highest BCUT2D eigenvalue weighted by Crippen LogP contribution is 2.55. The fourth-order valence-corrected chi connectivity index (χ4v) is 5.77. The Morgan fingerprint density at radius 1 is 1.03 bits per heavy atom. The number of urea groups is 1. The Morgan fingerprint density at radius 3 is 2.31 bits per heavy atom. The zero-order valence-corrected chi connectivity index (χ0v) is 16.9. The number of halogens is 1. The van der Waals surface area contributed by atoms with E-state index in [4.69, 9.17) is 21.1 Å². The Labute approximate surface area is 174 Å². The third kappa shape index (κ3) is 5.01. The molecule has 4 aliphatic carbocycles. The van der Waals surface area contributed by atoms with E-state index in [-0.39, 0.29) is 12.1 Å². The van der Waals surface area contributed by atoms with Crippen LogP contribution in [0.3, 0.4) is 0 Å². The van der Waals surface area contributed by atoms with Crippen LogP contribution in [0.25, 0.3) is 0 Å². The topological polar surface area (TPSA) is 93.7 Å². The number of imide groups is 1. The van der Waals surface area contributed by atoms with Gasteiger partial charge in [0.25, 0.3) is 5.91 Å². The predicted octanol–water partition coefficient (Wildman–Crippen LogP) is 3.06. The smallest absolute Gasteiger partial charge is 0.344 e. The Hall–Kier alpha value is -2.28. The molecule has 4 aliphatic rings. The molecular weight excluding hydrogens is 396 g/mol. The van der Waals surface area contributed by atoms with E-state index >= 15 is 0 Å². The van der Waals surface area contributed by atoms with Crippen LogP contribution in [0, 0.1) is 17.8 Å². The Morgan fingerprint density at radius 2 is 1.69 bits per heavy atom. The van der Waals surface area contributed by atoms with E-state index < -0.39 is 24.5 Å². The van der Waals surface area contributed by atoms with Gasteiger partial charge >= 0.3 is 12.0 Å². The molecule has 5 rings (SSSR count). The third-order valence-corrected chi connectivity index (χ3v) is 6.42. The van der Waals surface area contributed by atoms with Crippen molar-refractivity contribution >= 4 is 29.5 Å². The van der Waals surface area contributed by atoms with Gasteiger partial charge in [-0.2, -0.15) is 0 Å². The summed E-state index contributed by atoms with van der Waals surface area (Å²) < 4.78 is 10.1. The second-order valence-electron chi connectivity index (χ2n) is 8.61. The van der Waals surface area contributed by atoms with Gasteiger partial charge < -0.3 is 14.8 Å². The molecule has 2 N–H and O–H groups in total. The summed E-state index contributed by atoms with van der Waals surface area (Å²) in [7, 11) is 0. The van der Waals surface area contributed by atoms with Crippen LogP contribution in [0.1, 0.15) is 38.5 Å². The van der Waals surface area contributed by atoms with Gasteiger partial charge in [0, 0.05) is 10.6 Å². The van der Waals surface area contributed by atoms with Crippen molar-refractivity contribution in [2.45, 2.75) is 44.1 Å². The second kappa shape index (κ2) is 8.22. The number of benzene rings is 1. The third-order valence-electron chi connectivity index (χ3n) is 6.19. The highest BCUT2D eigenvalue weighted by atomic mass is 35.5. The first-order valence-corrected chi connectivity index (χ1v) is 10.4. The fourth-order valence-electron chi connectivity index (χ4n) is 5.59. The Kier molecular flexibility index (Phi) is 5.67. The first-order valence-electron chi connectivity index (χ1n) is 10.1. The van der Waals surface area contributed by atoms with Gasteiger partial charge in [0.1, 0.15) is 5.75 Å². The number of nitrogens with one attached hydrogen (secondary N) is 2. The molecule has 0 heterocycles. The molecule has 0 aromatic heterocycles. The van der Waals surface area contributed by atoms with Crippen LogP contribution in [-0.2, 0) is 14.3 Å². The SMILES string of the molecule is O=C(COC(=O)COc1cccc(Cl)c1)NC(=O)NC12CC3CC(CC(C3)C1)C2. The average Bonchev–Trinajstić information content (AvgIpc) is 2.63. The Bertz CT molecular complexity index is 777. The van der Waals surface area contributed by atoms with Crippen LogP contribution >= 0.6 is 11.6 Å². The average molecular weight is 421 g/mol. The summed E-state index contributed by atoms with van der Waals surface area (Å²) in [6.07, 6.45) is 6.81. The minimum absolute atomic E-state index is 0.180. The summed E-state index contributed by atoms with van der Waals surface area (Å²) in [6.45, 7) is -0.890. The minimum atomic E-state index is -0.707. The molecule has 0 atom stereocenters. The van der Waals surface area contributed by atoms with Gasteiger partial charge in [-0.05, 0) is 74.5 Å². The minimum Gasteiger partial charge on any atom is -0.482 e. The summed E-state index contributed by atoms with van der Waals surface area (Å²) in [5.41, 5.74) is -0.180. The van der Waals surface area contributed by atoms with Gasteiger partial charge in [0.05, 0.1) is 0 Å². The number of amides is 3. The molecule has 1 aromatic carbocycles. The zero-order chi connectivity index (χ0) is 20.4. The van der Waals surface area contributed by atoms with E-state index in [1.165, 1.54) is 19.3 Å². The number of rotatable bonds is 6. The lowest BCUT2D eigenvalue weighted by molar-refractivity contribution is -0.150. The van der Waals surface area contributed by atoms with Crippen LogP contribution in [0.5, 0.6) is 5.75 Å². The molecule has 156 valence electrons. The normalized spacial score (nSPS) is 29.2. The number of hydrogen-bond donors (Lipinski definition) is 2. The molecule has 0 aliphatic heterocycles. The van der Waals surface area contributed by atoms with E-state index in [0.717, 1.165) is 19.3 Å². The van der Waals surface area contributed by atoms with Crippen LogP contribution < -0.4 is 15.4 Å². The maximum absolute atomic E-state index is 12.3. The molecule has 4 fully saturated rings. The van der Waals surface area contributed by atoms with Crippen molar-refractivity contribution in [1.29, 1.82) is 0 Å². The van der Waals surface area contributed by atoms with E-state index in [0.29, 0.717) is 28.5 Å². The largest absolute Gasteiger partial charge is 0.482 e. The molecule has 4 bridgehead atoms. The van der Waals surface area contributed by atoms with Crippen molar-refractivity contribution in [2.75, 3.05) is 13.2 Å². The highest BCUT2D eigenvalue weighted by molar-refractivity contribution is 6.30. The van der Waals surface area contributed by atoms with E-state index in [9.17, 15) is 14.4 Å². The lowest BCUT2D eigenvalue weighted by Gasteiger charge is -2.56. The lowest BCUT2D eigenvalue weighted by atomic mass is 9.53. The number of carbonyl (C=O) groups is 3. The predicted molar refractivity (Wildman–Crippen MR) is 105 cm³/mol. The maximum atomic E-state index is 12.3. The van der Waals surface area contributed by atoms with Gasteiger partial charge in [0.2, 0.25) is 0 Å². The van der Waals surface area contributed by atoms with Crippen LogP contribution in [0.15, 0.2) is 24.3 Å². The summed E-state index contributed by atoms with van der Waals surface area (Å²) >= 11 is 5.84. The lowest BCUT2D eigenvalue weighted by Crippen LogP contribution is -2.62. The first-order chi connectivity index (χ1) is 13.9. The fraction of sp³-hybridized carbons (Fsp3) is 0.571. The summed E-state index contributed by atoms with van der Waals surface area (Å²) in [5, 5.41) is 5.80. The van der Waals surface area contributed by atoms with Gasteiger partial charge in [-0.1, -0.05) is 17.7 Å². The summed E-state index contributed by atoms with van der Waals surface area (Å²) in [5.74, 6) is 1.13. The molecule has 7 nitrogen and oxygen atoms in total. The van der Waals surface area contributed by atoms with Crippen molar-refractivity contribution in [1.82, 2.24) is 10.6 Å². The van der Waals surface area contributed by atoms with Gasteiger partial charge in [-0.15, -0.1) is 0 Å². The summed E-state index contributed by atoms with van der Waals surface area (Å²) in [4.78, 5) is 36.0. The molecule has 3 amide bonds. The summed E-state index contributed by atoms with van der Waals surface area (Å²) in [6, 6.07) is 6.09. The van der Waals surface area contributed by atoms with Crippen molar-refractivity contribution in [2.24, 2.45) is 17.8 Å². The standard InChI is InChI=1S/C21H25ClN2O5/c22-16-2-1-3-17(7-16)28-12-19(26)29-11-18(25)23-20(27)24-21-8-13-4-14(9-21)6-15(5-13)10-21/h1-3,7,13-15H,4-6,8-12H2,(H2,23,24,25,27). The van der Waals surface area contributed by atoms with Crippen molar-refractivity contribution < 1.29 is 23.9 Å². The van der Waals surface area contributed by atoms with E-state index in [1.54, 1.807) is 24.3 Å². The zero-order valence-electron chi connectivity index (χ0n) is 16.1. The number of carbonyl (C=O) groups excluding carboxylic acids is 3. The van der Waals surface area contributed by atoms with Crippen LogP contribution in [0.2, 0.25) is 5.02 Å². The van der Waals surface area contributed by atoms with Gasteiger partial charge in [-0.25, -0.2) is 9.59 Å². The number of hydrogen-bond acceptors (Lipinski definition) is 5. The molecule has 0 radical (unpaired) electrons. The van der Waals surface area contributed by atoms with Crippen molar-refractivity contribution in [3.8, 4) is 5.75 Å². The van der Waals surface area contributed by atoms with Gasteiger partial charge in [0.15, 0.2) is 13.2 Å². The number of ether oxygens (including phenoxy) is 2. The first kappa shape index (κ1) is 20.0. The number of esters is 1.